The van der Waals surface area contributed by atoms with Crippen molar-refractivity contribution in [2.45, 2.75) is 33.2 Å². The van der Waals surface area contributed by atoms with Gasteiger partial charge in [0.05, 0.1) is 0 Å². The van der Waals surface area contributed by atoms with Gasteiger partial charge in [-0.25, -0.2) is 9.97 Å². The summed E-state index contributed by atoms with van der Waals surface area (Å²) >= 11 is 0. The Morgan fingerprint density at radius 2 is 1.83 bits per heavy atom. The van der Waals surface area contributed by atoms with E-state index in [2.05, 4.69) is 9.97 Å². The molecule has 0 spiro atoms. The Morgan fingerprint density at radius 3 is 2.25 bits per heavy atom. The molecule has 0 bridgehead atoms. The van der Waals surface area contributed by atoms with E-state index >= 15 is 0 Å². The highest BCUT2D eigenvalue weighted by Crippen LogP contribution is 2.00. The fourth-order valence-corrected chi connectivity index (χ4v) is 1.18. The molecule has 0 saturated carbocycles. The molecule has 0 radical (unpaired) electrons. The van der Waals surface area contributed by atoms with Crippen LogP contribution in [0.5, 0.6) is 0 Å². The molecule has 3 heteroatoms. The lowest BCUT2D eigenvalue weighted by molar-refractivity contribution is 0.695. The summed E-state index contributed by atoms with van der Waals surface area (Å²) in [6, 6.07) is 2.09. The Morgan fingerprint density at radius 1 is 1.33 bits per heavy atom. The van der Waals surface area contributed by atoms with Crippen LogP contribution in [0, 0.1) is 13.8 Å². The summed E-state index contributed by atoms with van der Waals surface area (Å²) in [6.07, 6.45) is 0.753. The van der Waals surface area contributed by atoms with Crippen molar-refractivity contribution in [2.24, 2.45) is 5.73 Å². The molecule has 0 fully saturated rings. The molecule has 0 aliphatic heterocycles. The van der Waals surface area contributed by atoms with Crippen molar-refractivity contribution in [1.29, 1.82) is 0 Å². The van der Waals surface area contributed by atoms with Gasteiger partial charge >= 0.3 is 0 Å². The normalized spacial score (nSPS) is 13.0. The number of hydrogen-bond donors (Lipinski definition) is 1. The topological polar surface area (TPSA) is 51.8 Å². The van der Waals surface area contributed by atoms with Crippen molar-refractivity contribution < 1.29 is 0 Å². The van der Waals surface area contributed by atoms with E-state index in [1.807, 2.05) is 26.8 Å². The lowest BCUT2D eigenvalue weighted by atomic mass is 10.2. The van der Waals surface area contributed by atoms with Crippen LogP contribution in [0.15, 0.2) is 6.07 Å². The molecule has 0 aliphatic rings. The number of aryl methyl sites for hydroxylation is 2. The monoisotopic (exact) mass is 165 g/mol. The Balaban J connectivity index is 2.85. The van der Waals surface area contributed by atoms with Gasteiger partial charge in [-0.1, -0.05) is 0 Å². The number of nitrogens with two attached hydrogens (primary N) is 1. The van der Waals surface area contributed by atoms with Crippen molar-refractivity contribution in [1.82, 2.24) is 9.97 Å². The van der Waals surface area contributed by atoms with Crippen LogP contribution in [0.3, 0.4) is 0 Å². The molecule has 3 nitrogen and oxygen atoms in total. The predicted octanol–water partition coefficient (Wildman–Crippen LogP) is 0.983. The van der Waals surface area contributed by atoms with Crippen molar-refractivity contribution in [3.8, 4) is 0 Å². The van der Waals surface area contributed by atoms with E-state index in [0.29, 0.717) is 0 Å². The quantitative estimate of drug-likeness (QED) is 0.710. The molecular formula is C9H15N3. The zero-order valence-corrected chi connectivity index (χ0v) is 7.83. The highest BCUT2D eigenvalue weighted by atomic mass is 14.9. The summed E-state index contributed by atoms with van der Waals surface area (Å²) in [5.41, 5.74) is 7.67. The van der Waals surface area contributed by atoms with Gasteiger partial charge in [-0.15, -0.1) is 0 Å². The van der Waals surface area contributed by atoms with E-state index in [-0.39, 0.29) is 6.04 Å². The molecule has 66 valence electrons. The highest BCUT2D eigenvalue weighted by Gasteiger charge is 2.01. The second kappa shape index (κ2) is 3.63. The molecule has 0 aromatic carbocycles. The van der Waals surface area contributed by atoms with Crippen LogP contribution in [-0.4, -0.2) is 16.0 Å². The van der Waals surface area contributed by atoms with Crippen molar-refractivity contribution in [2.75, 3.05) is 0 Å². The maximum Gasteiger partial charge on any atom is 0.130 e. The third kappa shape index (κ3) is 2.58. The maximum absolute atomic E-state index is 5.64. The molecular weight excluding hydrogens is 150 g/mol. The molecule has 1 aromatic heterocycles. The molecule has 1 aromatic rings. The zero-order valence-electron chi connectivity index (χ0n) is 7.83. The van der Waals surface area contributed by atoms with Gasteiger partial charge in [-0.05, 0) is 26.8 Å². The summed E-state index contributed by atoms with van der Waals surface area (Å²) in [6.45, 7) is 5.90. The highest BCUT2D eigenvalue weighted by molar-refractivity contribution is 5.08. The fourth-order valence-electron chi connectivity index (χ4n) is 1.18. The molecule has 1 heterocycles. The largest absolute Gasteiger partial charge is 0.328 e. The van der Waals surface area contributed by atoms with Crippen LogP contribution >= 0.6 is 0 Å². The van der Waals surface area contributed by atoms with Gasteiger partial charge in [0.15, 0.2) is 0 Å². The first-order chi connectivity index (χ1) is 5.58. The summed E-state index contributed by atoms with van der Waals surface area (Å²) < 4.78 is 0. The van der Waals surface area contributed by atoms with Gasteiger partial charge in [0.2, 0.25) is 0 Å². The SMILES string of the molecule is Cc1cc(C)nc(CC(C)N)n1. The minimum Gasteiger partial charge on any atom is -0.328 e. The van der Waals surface area contributed by atoms with E-state index in [9.17, 15) is 0 Å². The van der Waals surface area contributed by atoms with Gasteiger partial charge in [0.25, 0.3) is 0 Å². The van der Waals surface area contributed by atoms with E-state index in [0.717, 1.165) is 23.6 Å². The Kier molecular flexibility index (Phi) is 2.76. The summed E-state index contributed by atoms with van der Waals surface area (Å²) in [5.74, 6) is 0.850. The first kappa shape index (κ1) is 9.13. The number of nitrogens with zero attached hydrogens (tertiary/aromatic N) is 2. The van der Waals surface area contributed by atoms with Gasteiger partial charge in [-0.2, -0.15) is 0 Å². The third-order valence-corrected chi connectivity index (χ3v) is 1.53. The fraction of sp³-hybridized carbons (Fsp3) is 0.556. The zero-order chi connectivity index (χ0) is 9.14. The Bertz CT molecular complexity index is 248. The molecule has 0 aliphatic carbocycles. The van der Waals surface area contributed by atoms with Gasteiger partial charge in [-0.3, -0.25) is 0 Å². The van der Waals surface area contributed by atoms with Crippen molar-refractivity contribution >= 4 is 0 Å². The lowest BCUT2D eigenvalue weighted by Gasteiger charge is -2.05. The average Bonchev–Trinajstić information content (AvgIpc) is 1.81. The van der Waals surface area contributed by atoms with Gasteiger partial charge in [0, 0.05) is 23.9 Å². The molecule has 1 rings (SSSR count). The van der Waals surface area contributed by atoms with Crippen molar-refractivity contribution in [3.63, 3.8) is 0 Å². The first-order valence-electron chi connectivity index (χ1n) is 4.14. The van der Waals surface area contributed by atoms with Crippen LogP contribution in [0.25, 0.3) is 0 Å². The minimum absolute atomic E-state index is 0.131. The van der Waals surface area contributed by atoms with Crippen LogP contribution in [0.1, 0.15) is 24.1 Å². The molecule has 0 amide bonds. The van der Waals surface area contributed by atoms with E-state index in [1.165, 1.54) is 0 Å². The van der Waals surface area contributed by atoms with Gasteiger partial charge < -0.3 is 5.73 Å². The predicted molar refractivity (Wildman–Crippen MR) is 48.9 cm³/mol. The molecule has 0 saturated heterocycles. The molecule has 1 atom stereocenters. The average molecular weight is 165 g/mol. The number of rotatable bonds is 2. The molecule has 1 unspecified atom stereocenters. The van der Waals surface area contributed by atoms with Crippen LogP contribution in [0.4, 0.5) is 0 Å². The number of hydrogen-bond acceptors (Lipinski definition) is 3. The molecule has 2 N–H and O–H groups in total. The van der Waals surface area contributed by atoms with Crippen LogP contribution < -0.4 is 5.73 Å². The summed E-state index contributed by atoms with van der Waals surface area (Å²) in [4.78, 5) is 8.57. The van der Waals surface area contributed by atoms with E-state index < -0.39 is 0 Å². The summed E-state index contributed by atoms with van der Waals surface area (Å²) in [7, 11) is 0. The number of aromatic nitrogens is 2. The Hall–Kier alpha value is -0.960. The van der Waals surface area contributed by atoms with Gasteiger partial charge in [0.1, 0.15) is 5.82 Å². The van der Waals surface area contributed by atoms with Crippen molar-refractivity contribution in [3.05, 3.63) is 23.3 Å². The standard InChI is InChI=1S/C9H15N3/c1-6(10)4-9-11-7(2)5-8(3)12-9/h5-6H,4,10H2,1-3H3. The third-order valence-electron chi connectivity index (χ3n) is 1.53. The van der Waals surface area contributed by atoms with E-state index in [4.69, 9.17) is 5.73 Å². The van der Waals surface area contributed by atoms with Crippen LogP contribution in [-0.2, 0) is 6.42 Å². The first-order valence-corrected chi connectivity index (χ1v) is 4.14. The second-order valence-corrected chi connectivity index (χ2v) is 3.25. The smallest absolute Gasteiger partial charge is 0.130 e. The van der Waals surface area contributed by atoms with Crippen LogP contribution in [0.2, 0.25) is 0 Å². The minimum atomic E-state index is 0.131. The Labute approximate surface area is 73.0 Å². The maximum atomic E-state index is 5.64. The summed E-state index contributed by atoms with van der Waals surface area (Å²) in [5, 5.41) is 0. The second-order valence-electron chi connectivity index (χ2n) is 3.25. The van der Waals surface area contributed by atoms with E-state index in [1.54, 1.807) is 0 Å². The lowest BCUT2D eigenvalue weighted by Crippen LogP contribution is -2.19. The molecule has 12 heavy (non-hydrogen) atoms.